The summed E-state index contributed by atoms with van der Waals surface area (Å²) < 4.78 is 31.8. The second-order valence-electron chi connectivity index (χ2n) is 4.31. The molecule has 0 radical (unpaired) electrons. The summed E-state index contributed by atoms with van der Waals surface area (Å²) in [6.07, 6.45) is -0.00911. The summed E-state index contributed by atoms with van der Waals surface area (Å²) in [4.78, 5) is 12.4. The maximum Gasteiger partial charge on any atom is 0.320 e. The first-order valence-electron chi connectivity index (χ1n) is 5.85. The Morgan fingerprint density at radius 1 is 1.59 bits per heavy atom. The van der Waals surface area contributed by atoms with E-state index in [9.17, 15) is 13.6 Å². The van der Waals surface area contributed by atoms with E-state index in [0.717, 1.165) is 0 Å². The van der Waals surface area contributed by atoms with Crippen molar-refractivity contribution in [2.24, 2.45) is 0 Å². The summed E-state index contributed by atoms with van der Waals surface area (Å²) in [6.45, 7) is 3.59. The molecule has 1 heterocycles. The van der Waals surface area contributed by atoms with Gasteiger partial charge in [0.2, 0.25) is 0 Å². The van der Waals surface area contributed by atoms with Gasteiger partial charge < -0.3 is 9.84 Å². The number of ether oxygens (including phenoxy) is 1. The van der Waals surface area contributed by atoms with Gasteiger partial charge in [0.05, 0.1) is 13.2 Å². The van der Waals surface area contributed by atoms with Crippen molar-refractivity contribution in [3.63, 3.8) is 0 Å². The van der Waals surface area contributed by atoms with Crippen LogP contribution in [-0.2, 0) is 9.53 Å². The van der Waals surface area contributed by atoms with E-state index < -0.39 is 30.5 Å². The number of alkyl halides is 2. The Hall–Kier alpha value is -0.750. The van der Waals surface area contributed by atoms with Crippen LogP contribution >= 0.6 is 0 Å². The Labute approximate surface area is 99.5 Å². The number of hydrogen-bond acceptors (Lipinski definition) is 3. The first-order chi connectivity index (χ1) is 7.91. The lowest BCUT2D eigenvalue weighted by Crippen LogP contribution is -2.46. The van der Waals surface area contributed by atoms with Crippen molar-refractivity contribution < 1.29 is 23.4 Å². The minimum atomic E-state index is -2.81. The third-order valence-electron chi connectivity index (χ3n) is 3.00. The summed E-state index contributed by atoms with van der Waals surface area (Å²) in [6, 6.07) is -1.36. The molecule has 0 bridgehead atoms. The number of hydrogen-bond donors (Lipinski definition) is 1. The zero-order valence-electron chi connectivity index (χ0n) is 10.2. The normalized spacial score (nSPS) is 26.0. The first kappa shape index (κ1) is 14.3. The van der Waals surface area contributed by atoms with Crippen molar-refractivity contribution in [2.45, 2.75) is 44.7 Å². The molecule has 0 aliphatic carbocycles. The summed E-state index contributed by atoms with van der Waals surface area (Å²) in [5, 5.41) is 9.02. The molecular weight excluding hydrogens is 232 g/mol. The fourth-order valence-electron chi connectivity index (χ4n) is 2.25. The highest BCUT2D eigenvalue weighted by atomic mass is 19.3. The van der Waals surface area contributed by atoms with E-state index in [2.05, 4.69) is 0 Å². The largest absolute Gasteiger partial charge is 0.480 e. The van der Waals surface area contributed by atoms with E-state index in [1.807, 2.05) is 0 Å². The highest BCUT2D eigenvalue weighted by Crippen LogP contribution is 2.34. The SMILES string of the molecule is CCOC[C@@H]1CC(F)(F)CN1[C@H](CC)C(=O)O. The number of likely N-dealkylation sites (tertiary alicyclic amines) is 1. The highest BCUT2D eigenvalue weighted by Gasteiger charge is 2.48. The van der Waals surface area contributed by atoms with Crippen LogP contribution in [0.25, 0.3) is 0 Å². The molecule has 1 aliphatic heterocycles. The summed E-state index contributed by atoms with van der Waals surface area (Å²) >= 11 is 0. The van der Waals surface area contributed by atoms with Crippen LogP contribution in [-0.4, -0.2) is 53.7 Å². The van der Waals surface area contributed by atoms with E-state index in [4.69, 9.17) is 9.84 Å². The number of halogens is 2. The van der Waals surface area contributed by atoms with Gasteiger partial charge in [0.25, 0.3) is 5.92 Å². The molecule has 1 aliphatic rings. The maximum absolute atomic E-state index is 13.3. The number of carbonyl (C=O) groups is 1. The Bertz CT molecular complexity index is 273. The average molecular weight is 251 g/mol. The Balaban J connectivity index is 2.75. The molecule has 1 fully saturated rings. The predicted octanol–water partition coefficient (Wildman–Crippen LogP) is 1.60. The second-order valence-corrected chi connectivity index (χ2v) is 4.31. The average Bonchev–Trinajstić information content (AvgIpc) is 2.51. The number of carboxylic acid groups (broad SMARTS) is 1. The molecule has 0 amide bonds. The van der Waals surface area contributed by atoms with Crippen LogP contribution in [0.3, 0.4) is 0 Å². The fraction of sp³-hybridized carbons (Fsp3) is 0.909. The second kappa shape index (κ2) is 5.73. The fourth-order valence-corrected chi connectivity index (χ4v) is 2.25. The third kappa shape index (κ3) is 3.61. The van der Waals surface area contributed by atoms with E-state index in [1.54, 1.807) is 13.8 Å². The molecule has 0 unspecified atom stereocenters. The molecule has 6 heteroatoms. The molecule has 100 valence electrons. The summed E-state index contributed by atoms with van der Waals surface area (Å²) in [7, 11) is 0. The van der Waals surface area contributed by atoms with Gasteiger partial charge >= 0.3 is 5.97 Å². The van der Waals surface area contributed by atoms with Crippen molar-refractivity contribution in [3.05, 3.63) is 0 Å². The van der Waals surface area contributed by atoms with Gasteiger partial charge in [-0.2, -0.15) is 0 Å². The lowest BCUT2D eigenvalue weighted by Gasteiger charge is -2.28. The highest BCUT2D eigenvalue weighted by molar-refractivity contribution is 5.73. The van der Waals surface area contributed by atoms with E-state index in [1.165, 1.54) is 4.90 Å². The molecule has 1 saturated heterocycles. The lowest BCUT2D eigenvalue weighted by molar-refractivity contribution is -0.144. The molecular formula is C11H19F2NO3. The zero-order chi connectivity index (χ0) is 13.1. The molecule has 0 aromatic heterocycles. The standard InChI is InChI=1S/C11H19F2NO3/c1-3-9(10(15)16)14-7-11(12,13)5-8(14)6-17-4-2/h8-9H,3-7H2,1-2H3,(H,15,16)/t8-,9+/m0/s1. The number of rotatable bonds is 6. The van der Waals surface area contributed by atoms with Crippen LogP contribution in [0.15, 0.2) is 0 Å². The van der Waals surface area contributed by atoms with Crippen molar-refractivity contribution >= 4 is 5.97 Å². The molecule has 4 nitrogen and oxygen atoms in total. The lowest BCUT2D eigenvalue weighted by atomic mass is 10.1. The molecule has 17 heavy (non-hydrogen) atoms. The minimum absolute atomic E-state index is 0.163. The molecule has 1 N–H and O–H groups in total. The molecule has 0 spiro atoms. The minimum Gasteiger partial charge on any atom is -0.480 e. The Morgan fingerprint density at radius 3 is 2.71 bits per heavy atom. The van der Waals surface area contributed by atoms with Crippen LogP contribution in [0.1, 0.15) is 26.7 Å². The molecule has 0 aromatic carbocycles. The van der Waals surface area contributed by atoms with Gasteiger partial charge in [0.15, 0.2) is 0 Å². The van der Waals surface area contributed by atoms with Gasteiger partial charge in [-0.05, 0) is 13.3 Å². The maximum atomic E-state index is 13.3. The van der Waals surface area contributed by atoms with Crippen LogP contribution < -0.4 is 0 Å². The monoisotopic (exact) mass is 251 g/mol. The summed E-state index contributed by atoms with van der Waals surface area (Å²) in [5.41, 5.74) is 0. The molecule has 0 aromatic rings. The number of aliphatic carboxylic acids is 1. The van der Waals surface area contributed by atoms with E-state index >= 15 is 0 Å². The van der Waals surface area contributed by atoms with Crippen LogP contribution in [0.2, 0.25) is 0 Å². The molecule has 2 atom stereocenters. The van der Waals surface area contributed by atoms with Crippen molar-refractivity contribution in [2.75, 3.05) is 19.8 Å². The van der Waals surface area contributed by atoms with Gasteiger partial charge in [0.1, 0.15) is 6.04 Å². The third-order valence-corrected chi connectivity index (χ3v) is 3.00. The topological polar surface area (TPSA) is 49.8 Å². The number of carboxylic acids is 1. The number of nitrogens with zero attached hydrogens (tertiary/aromatic N) is 1. The van der Waals surface area contributed by atoms with E-state index in [-0.39, 0.29) is 13.0 Å². The van der Waals surface area contributed by atoms with Gasteiger partial charge in [-0.1, -0.05) is 6.92 Å². The van der Waals surface area contributed by atoms with Crippen molar-refractivity contribution in [1.29, 1.82) is 0 Å². The quantitative estimate of drug-likeness (QED) is 0.779. The van der Waals surface area contributed by atoms with Crippen molar-refractivity contribution in [3.8, 4) is 0 Å². The van der Waals surface area contributed by atoms with Gasteiger partial charge in [-0.15, -0.1) is 0 Å². The van der Waals surface area contributed by atoms with E-state index in [0.29, 0.717) is 13.0 Å². The molecule has 1 rings (SSSR count). The van der Waals surface area contributed by atoms with Crippen LogP contribution in [0.4, 0.5) is 8.78 Å². The predicted molar refractivity (Wildman–Crippen MR) is 58.3 cm³/mol. The van der Waals surface area contributed by atoms with Crippen molar-refractivity contribution in [1.82, 2.24) is 4.90 Å². The summed E-state index contributed by atoms with van der Waals surface area (Å²) in [5.74, 6) is -3.86. The Kier molecular flexibility index (Phi) is 4.82. The van der Waals surface area contributed by atoms with Gasteiger partial charge in [-0.25, -0.2) is 8.78 Å². The zero-order valence-corrected chi connectivity index (χ0v) is 10.2. The van der Waals surface area contributed by atoms with Gasteiger partial charge in [-0.3, -0.25) is 9.69 Å². The first-order valence-corrected chi connectivity index (χ1v) is 5.85. The molecule has 0 saturated carbocycles. The smallest absolute Gasteiger partial charge is 0.320 e. The Morgan fingerprint density at radius 2 is 2.24 bits per heavy atom. The van der Waals surface area contributed by atoms with Gasteiger partial charge in [0, 0.05) is 19.1 Å². The van der Waals surface area contributed by atoms with Crippen LogP contribution in [0, 0.1) is 0 Å². The van der Waals surface area contributed by atoms with Crippen LogP contribution in [0.5, 0.6) is 0 Å².